The van der Waals surface area contributed by atoms with Gasteiger partial charge in [-0.05, 0) is 55.3 Å². The lowest BCUT2D eigenvalue weighted by molar-refractivity contribution is 0.102. The maximum Gasteiger partial charge on any atom is 0.258 e. The van der Waals surface area contributed by atoms with Gasteiger partial charge in [0.1, 0.15) is 5.82 Å². The summed E-state index contributed by atoms with van der Waals surface area (Å²) in [4.78, 5) is 16.3. The molecule has 7 heteroatoms. The highest BCUT2D eigenvalue weighted by Gasteiger charge is 2.19. The van der Waals surface area contributed by atoms with Crippen LogP contribution in [0.1, 0.15) is 21.5 Å². The zero-order chi connectivity index (χ0) is 19.6. The Kier molecular flexibility index (Phi) is 5.12. The fourth-order valence-electron chi connectivity index (χ4n) is 2.47. The number of carbonyl (C=O) groups excluding carboxylic acids is 1. The summed E-state index contributed by atoms with van der Waals surface area (Å²) in [6, 6.07) is 10.6. The predicted octanol–water partition coefficient (Wildman–Crippen LogP) is 5.11. The number of nitrogens with one attached hydrogen (secondary N) is 2. The van der Waals surface area contributed by atoms with Crippen LogP contribution in [-0.2, 0) is 0 Å². The van der Waals surface area contributed by atoms with E-state index in [2.05, 4.69) is 15.6 Å². The van der Waals surface area contributed by atoms with E-state index in [0.717, 1.165) is 22.9 Å². The van der Waals surface area contributed by atoms with Crippen molar-refractivity contribution >= 4 is 23.1 Å². The van der Waals surface area contributed by atoms with Crippen LogP contribution >= 0.6 is 0 Å². The molecule has 1 aromatic heterocycles. The van der Waals surface area contributed by atoms with E-state index < -0.39 is 28.9 Å². The van der Waals surface area contributed by atoms with Gasteiger partial charge in [-0.1, -0.05) is 12.1 Å². The van der Waals surface area contributed by atoms with Gasteiger partial charge in [0.25, 0.3) is 5.91 Å². The molecule has 0 bridgehead atoms. The molecule has 138 valence electrons. The zero-order valence-corrected chi connectivity index (χ0v) is 14.6. The van der Waals surface area contributed by atoms with Crippen LogP contribution in [0.3, 0.4) is 0 Å². The van der Waals surface area contributed by atoms with Crippen LogP contribution in [0.25, 0.3) is 0 Å². The Morgan fingerprint density at radius 2 is 1.74 bits per heavy atom. The van der Waals surface area contributed by atoms with Crippen LogP contribution in [0.4, 0.5) is 30.4 Å². The fourth-order valence-corrected chi connectivity index (χ4v) is 2.47. The Balaban J connectivity index is 1.73. The molecule has 1 heterocycles. The molecule has 2 aromatic carbocycles. The van der Waals surface area contributed by atoms with E-state index in [1.54, 1.807) is 12.1 Å². The number of halogens is 3. The number of hydrogen-bond donors (Lipinski definition) is 2. The summed E-state index contributed by atoms with van der Waals surface area (Å²) in [5.74, 6) is -4.92. The van der Waals surface area contributed by atoms with Gasteiger partial charge in [0.15, 0.2) is 17.5 Å². The van der Waals surface area contributed by atoms with Crippen LogP contribution < -0.4 is 10.6 Å². The van der Waals surface area contributed by atoms with Gasteiger partial charge in [0.2, 0.25) is 0 Å². The summed E-state index contributed by atoms with van der Waals surface area (Å²) in [7, 11) is 0. The molecule has 4 nitrogen and oxygen atoms in total. The summed E-state index contributed by atoms with van der Waals surface area (Å²) in [5, 5.41) is 5.57. The van der Waals surface area contributed by atoms with E-state index >= 15 is 0 Å². The highest BCUT2D eigenvalue weighted by Crippen LogP contribution is 2.23. The van der Waals surface area contributed by atoms with Crippen LogP contribution in [0.5, 0.6) is 0 Å². The summed E-state index contributed by atoms with van der Waals surface area (Å²) >= 11 is 0. The van der Waals surface area contributed by atoms with E-state index in [9.17, 15) is 18.0 Å². The normalized spacial score (nSPS) is 10.6. The number of amides is 1. The minimum Gasteiger partial charge on any atom is -0.340 e. The first kappa shape index (κ1) is 18.4. The van der Waals surface area contributed by atoms with Crippen molar-refractivity contribution in [2.24, 2.45) is 0 Å². The number of rotatable bonds is 4. The number of carbonyl (C=O) groups is 1. The summed E-state index contributed by atoms with van der Waals surface area (Å²) < 4.78 is 39.9. The molecular weight excluding hydrogens is 355 g/mol. The van der Waals surface area contributed by atoms with Gasteiger partial charge in [0.05, 0.1) is 17.4 Å². The van der Waals surface area contributed by atoms with Crippen LogP contribution in [-0.4, -0.2) is 10.9 Å². The summed E-state index contributed by atoms with van der Waals surface area (Å²) in [5.41, 5.74) is 2.83. The van der Waals surface area contributed by atoms with E-state index in [4.69, 9.17) is 0 Å². The molecule has 2 N–H and O–H groups in total. The van der Waals surface area contributed by atoms with Crippen molar-refractivity contribution in [2.75, 3.05) is 10.6 Å². The molecule has 0 unspecified atom stereocenters. The Labute approximate surface area is 154 Å². The Hall–Kier alpha value is -3.35. The largest absolute Gasteiger partial charge is 0.340 e. The number of aryl methyl sites for hydroxylation is 1. The molecule has 3 rings (SSSR count). The highest BCUT2D eigenvalue weighted by atomic mass is 19.2. The fraction of sp³-hybridized carbons (Fsp3) is 0.100. The topological polar surface area (TPSA) is 54.0 Å². The molecule has 0 radical (unpaired) electrons. The van der Waals surface area contributed by atoms with Crippen molar-refractivity contribution in [3.05, 3.63) is 82.8 Å². The van der Waals surface area contributed by atoms with E-state index in [1.807, 2.05) is 32.0 Å². The van der Waals surface area contributed by atoms with Gasteiger partial charge in [-0.25, -0.2) is 18.2 Å². The van der Waals surface area contributed by atoms with Crippen molar-refractivity contribution in [2.45, 2.75) is 13.8 Å². The van der Waals surface area contributed by atoms with Gasteiger partial charge in [-0.2, -0.15) is 0 Å². The second kappa shape index (κ2) is 7.49. The number of aromatic nitrogens is 1. The van der Waals surface area contributed by atoms with Crippen molar-refractivity contribution in [3.63, 3.8) is 0 Å². The van der Waals surface area contributed by atoms with Crippen LogP contribution in [0.15, 0.2) is 48.7 Å². The minimum absolute atomic E-state index is 0.288. The SMILES string of the molecule is Cc1cccc(Nc2ccc(NC(=O)c3ccc(F)c(F)c3F)cn2)c1C. The Morgan fingerprint density at radius 3 is 2.44 bits per heavy atom. The zero-order valence-electron chi connectivity index (χ0n) is 14.6. The Bertz CT molecular complexity index is 1000. The van der Waals surface area contributed by atoms with E-state index in [-0.39, 0.29) is 5.69 Å². The van der Waals surface area contributed by atoms with Gasteiger partial charge in [-0.15, -0.1) is 0 Å². The average Bonchev–Trinajstić information content (AvgIpc) is 2.65. The molecule has 0 fully saturated rings. The van der Waals surface area contributed by atoms with Gasteiger partial charge < -0.3 is 10.6 Å². The number of nitrogens with zero attached hydrogens (tertiary/aromatic N) is 1. The molecule has 0 saturated heterocycles. The molecule has 0 saturated carbocycles. The molecule has 0 aliphatic carbocycles. The first-order valence-electron chi connectivity index (χ1n) is 8.11. The van der Waals surface area contributed by atoms with Crippen molar-refractivity contribution in [1.29, 1.82) is 0 Å². The van der Waals surface area contributed by atoms with Crippen LogP contribution in [0.2, 0.25) is 0 Å². The predicted molar refractivity (Wildman–Crippen MR) is 97.7 cm³/mol. The second-order valence-electron chi connectivity index (χ2n) is 5.98. The molecule has 0 atom stereocenters. The smallest absolute Gasteiger partial charge is 0.258 e. The molecule has 0 aliphatic rings. The highest BCUT2D eigenvalue weighted by molar-refractivity contribution is 6.04. The lowest BCUT2D eigenvalue weighted by Gasteiger charge is -2.11. The van der Waals surface area contributed by atoms with Crippen molar-refractivity contribution < 1.29 is 18.0 Å². The van der Waals surface area contributed by atoms with Gasteiger partial charge in [-0.3, -0.25) is 4.79 Å². The van der Waals surface area contributed by atoms with E-state index in [1.165, 1.54) is 6.20 Å². The number of pyridine rings is 1. The molecule has 1 amide bonds. The minimum atomic E-state index is -1.69. The molecule has 3 aromatic rings. The maximum atomic E-state index is 13.7. The average molecular weight is 371 g/mol. The first-order valence-corrected chi connectivity index (χ1v) is 8.11. The standard InChI is InChI=1S/C20H16F3N3O/c1-11-4-3-5-16(12(11)2)26-17-9-6-13(10-24-17)25-20(27)14-7-8-15(21)19(23)18(14)22/h3-10H,1-2H3,(H,24,26)(H,25,27). The van der Waals surface area contributed by atoms with Gasteiger partial charge >= 0.3 is 0 Å². The van der Waals surface area contributed by atoms with E-state index in [0.29, 0.717) is 11.9 Å². The summed E-state index contributed by atoms with van der Waals surface area (Å²) in [6.45, 7) is 3.99. The third kappa shape index (κ3) is 3.92. The number of hydrogen-bond acceptors (Lipinski definition) is 3. The molecule has 0 spiro atoms. The third-order valence-electron chi connectivity index (χ3n) is 4.17. The third-order valence-corrected chi connectivity index (χ3v) is 4.17. The lowest BCUT2D eigenvalue weighted by atomic mass is 10.1. The summed E-state index contributed by atoms with van der Waals surface area (Å²) in [6.07, 6.45) is 1.38. The number of anilines is 3. The molecule has 0 aliphatic heterocycles. The van der Waals surface area contributed by atoms with Crippen molar-refractivity contribution in [3.8, 4) is 0 Å². The number of benzene rings is 2. The van der Waals surface area contributed by atoms with Crippen molar-refractivity contribution in [1.82, 2.24) is 4.98 Å². The molecular formula is C20H16F3N3O. The second-order valence-corrected chi connectivity index (χ2v) is 5.98. The van der Waals surface area contributed by atoms with Gasteiger partial charge in [0, 0.05) is 5.69 Å². The quantitative estimate of drug-likeness (QED) is 0.627. The Morgan fingerprint density at radius 1 is 0.963 bits per heavy atom. The molecule has 27 heavy (non-hydrogen) atoms. The monoisotopic (exact) mass is 371 g/mol. The van der Waals surface area contributed by atoms with Crippen LogP contribution in [0, 0.1) is 31.3 Å². The lowest BCUT2D eigenvalue weighted by Crippen LogP contribution is -2.15. The first-order chi connectivity index (χ1) is 12.9. The maximum absolute atomic E-state index is 13.7.